The standard InChI is InChI=1S/C25H31ClF3N3O4S/c1-16(2)13-30-24(34)18(4)31(14-19-8-6-17(3)7-9-19)23(33)15-32(37(5,35)36)22-12-20(25(27,28)29)10-11-21(22)26/h6-12,16,18H,13-15H2,1-5H3,(H,30,34)/t18-/m0/s1. The zero-order valence-electron chi connectivity index (χ0n) is 21.3. The Morgan fingerprint density at radius 1 is 1.05 bits per heavy atom. The summed E-state index contributed by atoms with van der Waals surface area (Å²) in [6.45, 7) is 6.69. The first-order valence-electron chi connectivity index (χ1n) is 11.5. The highest BCUT2D eigenvalue weighted by Gasteiger charge is 2.34. The number of carbonyl (C=O) groups is 2. The van der Waals surface area contributed by atoms with Gasteiger partial charge in [0.25, 0.3) is 0 Å². The Labute approximate surface area is 220 Å². The second-order valence-corrected chi connectivity index (χ2v) is 11.6. The van der Waals surface area contributed by atoms with Gasteiger partial charge in [-0.05, 0) is 43.5 Å². The van der Waals surface area contributed by atoms with Crippen LogP contribution in [-0.2, 0) is 32.3 Å². The third-order valence-electron chi connectivity index (χ3n) is 5.55. The van der Waals surface area contributed by atoms with E-state index < -0.39 is 51.9 Å². The van der Waals surface area contributed by atoms with Crippen LogP contribution < -0.4 is 9.62 Å². The van der Waals surface area contributed by atoms with Crippen molar-refractivity contribution in [2.45, 2.75) is 46.5 Å². The molecule has 7 nitrogen and oxygen atoms in total. The lowest BCUT2D eigenvalue weighted by atomic mass is 10.1. The van der Waals surface area contributed by atoms with Crippen molar-refractivity contribution in [2.75, 3.05) is 23.7 Å². The number of halogens is 4. The molecule has 0 aliphatic rings. The quantitative estimate of drug-likeness (QED) is 0.458. The number of rotatable bonds is 10. The molecule has 0 aromatic heterocycles. The number of nitrogens with one attached hydrogen (secondary N) is 1. The number of carbonyl (C=O) groups excluding carboxylic acids is 2. The van der Waals surface area contributed by atoms with Crippen molar-refractivity contribution in [3.8, 4) is 0 Å². The van der Waals surface area contributed by atoms with Gasteiger partial charge in [0.2, 0.25) is 21.8 Å². The molecule has 0 radical (unpaired) electrons. The lowest BCUT2D eigenvalue weighted by molar-refractivity contribution is -0.139. The van der Waals surface area contributed by atoms with E-state index in [-0.39, 0.29) is 17.5 Å². The maximum Gasteiger partial charge on any atom is 0.416 e. The van der Waals surface area contributed by atoms with Crippen LogP contribution in [-0.4, -0.2) is 50.5 Å². The molecule has 37 heavy (non-hydrogen) atoms. The zero-order valence-corrected chi connectivity index (χ0v) is 22.8. The molecule has 2 amide bonds. The maximum absolute atomic E-state index is 13.5. The van der Waals surface area contributed by atoms with Gasteiger partial charge in [-0.15, -0.1) is 0 Å². The number of amides is 2. The summed E-state index contributed by atoms with van der Waals surface area (Å²) in [6.07, 6.45) is -3.99. The minimum absolute atomic E-state index is 0.0245. The number of sulfonamides is 1. The first-order chi connectivity index (χ1) is 17.0. The van der Waals surface area contributed by atoms with Crippen molar-refractivity contribution >= 4 is 39.1 Å². The molecule has 2 aromatic rings. The van der Waals surface area contributed by atoms with E-state index in [2.05, 4.69) is 5.32 Å². The van der Waals surface area contributed by atoms with Crippen LogP contribution in [0.15, 0.2) is 42.5 Å². The van der Waals surface area contributed by atoms with Crippen molar-refractivity contribution in [3.63, 3.8) is 0 Å². The first kappa shape index (κ1) is 30.4. The molecule has 12 heteroatoms. The molecule has 0 fully saturated rings. The topological polar surface area (TPSA) is 86.8 Å². The molecule has 2 aromatic carbocycles. The summed E-state index contributed by atoms with van der Waals surface area (Å²) in [5, 5.41) is 2.47. The number of benzene rings is 2. The summed E-state index contributed by atoms with van der Waals surface area (Å²) < 4.78 is 65.7. The smallest absolute Gasteiger partial charge is 0.354 e. The average Bonchev–Trinajstić information content (AvgIpc) is 2.79. The van der Waals surface area contributed by atoms with Crippen molar-refractivity contribution in [3.05, 3.63) is 64.2 Å². The monoisotopic (exact) mass is 561 g/mol. The van der Waals surface area contributed by atoms with Gasteiger partial charge < -0.3 is 10.2 Å². The Morgan fingerprint density at radius 3 is 2.16 bits per heavy atom. The highest BCUT2D eigenvalue weighted by atomic mass is 35.5. The van der Waals surface area contributed by atoms with Crippen LogP contribution in [0, 0.1) is 12.8 Å². The van der Waals surface area contributed by atoms with Crippen LogP contribution in [0.2, 0.25) is 5.02 Å². The minimum atomic E-state index is -4.76. The fourth-order valence-corrected chi connectivity index (χ4v) is 4.52. The summed E-state index contributed by atoms with van der Waals surface area (Å²) in [4.78, 5) is 27.5. The number of nitrogens with zero attached hydrogens (tertiary/aromatic N) is 2. The Hall–Kier alpha value is -2.79. The molecule has 204 valence electrons. The van der Waals surface area contributed by atoms with E-state index in [1.807, 2.05) is 32.9 Å². The zero-order chi connectivity index (χ0) is 28.1. The van der Waals surface area contributed by atoms with E-state index in [0.29, 0.717) is 22.5 Å². The highest BCUT2D eigenvalue weighted by Crippen LogP contribution is 2.36. The van der Waals surface area contributed by atoms with Crippen LogP contribution in [0.25, 0.3) is 0 Å². The highest BCUT2D eigenvalue weighted by molar-refractivity contribution is 7.92. The van der Waals surface area contributed by atoms with E-state index in [1.54, 1.807) is 12.1 Å². The number of anilines is 1. The lowest BCUT2D eigenvalue weighted by Gasteiger charge is -2.32. The molecule has 0 aliphatic carbocycles. The number of hydrogen-bond acceptors (Lipinski definition) is 4. The van der Waals surface area contributed by atoms with Gasteiger partial charge in [-0.25, -0.2) is 8.42 Å². The molecular formula is C25H31ClF3N3O4S. The summed E-state index contributed by atoms with van der Waals surface area (Å²) in [5.74, 6) is -1.08. The largest absolute Gasteiger partial charge is 0.416 e. The Bertz CT molecular complexity index is 1220. The SMILES string of the molecule is Cc1ccc(CN(C(=O)CN(c2cc(C(F)(F)F)ccc2Cl)S(C)(=O)=O)[C@@H](C)C(=O)NCC(C)C)cc1. The average molecular weight is 562 g/mol. The second kappa shape index (κ2) is 12.2. The van der Waals surface area contributed by atoms with Gasteiger partial charge in [-0.1, -0.05) is 55.3 Å². The predicted octanol–water partition coefficient (Wildman–Crippen LogP) is 4.62. The van der Waals surface area contributed by atoms with E-state index in [1.165, 1.54) is 11.8 Å². The fourth-order valence-electron chi connectivity index (χ4n) is 3.40. The molecule has 0 aliphatic heterocycles. The number of hydrogen-bond donors (Lipinski definition) is 1. The predicted molar refractivity (Wildman–Crippen MR) is 138 cm³/mol. The summed E-state index contributed by atoms with van der Waals surface area (Å²) in [5.41, 5.74) is 0.0581. The number of alkyl halides is 3. The molecule has 0 saturated carbocycles. The van der Waals surface area contributed by atoms with Gasteiger partial charge in [0, 0.05) is 13.1 Å². The minimum Gasteiger partial charge on any atom is -0.354 e. The van der Waals surface area contributed by atoms with E-state index in [4.69, 9.17) is 11.6 Å². The van der Waals surface area contributed by atoms with Crippen LogP contribution in [0.3, 0.4) is 0 Å². The van der Waals surface area contributed by atoms with Gasteiger partial charge in [0.05, 0.1) is 22.5 Å². The van der Waals surface area contributed by atoms with Crippen molar-refractivity contribution in [1.82, 2.24) is 10.2 Å². The molecule has 0 unspecified atom stereocenters. The van der Waals surface area contributed by atoms with Crippen molar-refractivity contribution < 1.29 is 31.2 Å². The lowest BCUT2D eigenvalue weighted by Crippen LogP contribution is -2.51. The van der Waals surface area contributed by atoms with Gasteiger partial charge >= 0.3 is 6.18 Å². The van der Waals surface area contributed by atoms with E-state index in [9.17, 15) is 31.2 Å². The summed E-state index contributed by atoms with van der Waals surface area (Å²) in [7, 11) is -4.24. The van der Waals surface area contributed by atoms with Crippen LogP contribution >= 0.6 is 11.6 Å². The molecule has 0 spiro atoms. The third kappa shape index (κ3) is 8.63. The Balaban J connectivity index is 2.47. The Morgan fingerprint density at radius 2 is 1.65 bits per heavy atom. The van der Waals surface area contributed by atoms with E-state index in [0.717, 1.165) is 24.0 Å². The van der Waals surface area contributed by atoms with Gasteiger partial charge in [-0.2, -0.15) is 13.2 Å². The van der Waals surface area contributed by atoms with Crippen molar-refractivity contribution in [1.29, 1.82) is 0 Å². The summed E-state index contributed by atoms with van der Waals surface area (Å²) >= 11 is 6.08. The molecule has 0 bridgehead atoms. The van der Waals surface area contributed by atoms with Gasteiger partial charge in [0.1, 0.15) is 12.6 Å². The third-order valence-corrected chi connectivity index (χ3v) is 6.99. The second-order valence-electron chi connectivity index (χ2n) is 9.26. The number of aryl methyl sites for hydroxylation is 1. The fraction of sp³-hybridized carbons (Fsp3) is 0.440. The maximum atomic E-state index is 13.5. The van der Waals surface area contributed by atoms with Crippen LogP contribution in [0.1, 0.15) is 37.5 Å². The molecule has 2 rings (SSSR count). The molecule has 1 atom stereocenters. The van der Waals surface area contributed by atoms with Gasteiger partial charge in [-0.3, -0.25) is 13.9 Å². The van der Waals surface area contributed by atoms with Crippen LogP contribution in [0.4, 0.5) is 18.9 Å². The normalized spacial score (nSPS) is 12.8. The molecular weight excluding hydrogens is 531 g/mol. The summed E-state index contributed by atoms with van der Waals surface area (Å²) in [6, 6.07) is 8.43. The van der Waals surface area contributed by atoms with Gasteiger partial charge in [0.15, 0.2) is 0 Å². The molecule has 1 N–H and O–H groups in total. The Kier molecular flexibility index (Phi) is 10.0. The molecule has 0 heterocycles. The van der Waals surface area contributed by atoms with E-state index >= 15 is 0 Å². The first-order valence-corrected chi connectivity index (χ1v) is 13.7. The van der Waals surface area contributed by atoms with Crippen LogP contribution in [0.5, 0.6) is 0 Å². The van der Waals surface area contributed by atoms with Crippen molar-refractivity contribution in [2.24, 2.45) is 5.92 Å². The molecule has 0 saturated heterocycles.